The third kappa shape index (κ3) is 3.06. The average Bonchev–Trinajstić information content (AvgIpc) is 2.44. The van der Waals surface area contributed by atoms with Crippen molar-refractivity contribution in [3.05, 3.63) is 53.9 Å². The summed E-state index contributed by atoms with van der Waals surface area (Å²) in [5, 5.41) is 9.58. The lowest BCUT2D eigenvalue weighted by Gasteiger charge is -2.09. The zero-order valence-corrected chi connectivity index (χ0v) is 10.3. The number of rotatable bonds is 4. The third-order valence-electron chi connectivity index (χ3n) is 2.63. The molecule has 0 saturated carbocycles. The normalized spacial score (nSPS) is 12.2. The van der Waals surface area contributed by atoms with Gasteiger partial charge < -0.3 is 9.84 Å². The number of aliphatic hydroxyl groups is 1. The molecule has 0 bridgehead atoms. The Morgan fingerprint density at radius 2 is 2.05 bits per heavy atom. The van der Waals surface area contributed by atoms with Crippen LogP contribution in [0.3, 0.4) is 0 Å². The molecule has 1 aromatic carbocycles. The second-order valence-electron chi connectivity index (χ2n) is 4.00. The SMILES string of the molecule is CCC(O)c1ccc(Oc2cccc(F)c2F)cn1. The number of halogens is 2. The maximum absolute atomic E-state index is 13.4. The first-order valence-corrected chi connectivity index (χ1v) is 5.87. The highest BCUT2D eigenvalue weighted by Crippen LogP contribution is 2.26. The van der Waals surface area contributed by atoms with E-state index in [1.165, 1.54) is 18.3 Å². The number of hydrogen-bond donors (Lipinski definition) is 1. The van der Waals surface area contributed by atoms with Crippen molar-refractivity contribution in [3.63, 3.8) is 0 Å². The predicted octanol–water partition coefficient (Wildman–Crippen LogP) is 3.60. The summed E-state index contributed by atoms with van der Waals surface area (Å²) >= 11 is 0. The van der Waals surface area contributed by atoms with Gasteiger partial charge in [0.25, 0.3) is 0 Å². The molecule has 1 heterocycles. The highest BCUT2D eigenvalue weighted by Gasteiger charge is 2.11. The minimum absolute atomic E-state index is 0.203. The molecule has 0 spiro atoms. The largest absolute Gasteiger partial charge is 0.453 e. The van der Waals surface area contributed by atoms with Crippen molar-refractivity contribution in [2.45, 2.75) is 19.4 Å². The van der Waals surface area contributed by atoms with Gasteiger partial charge in [0, 0.05) is 0 Å². The van der Waals surface area contributed by atoms with Crippen LogP contribution in [-0.2, 0) is 0 Å². The molecule has 0 fully saturated rings. The van der Waals surface area contributed by atoms with E-state index >= 15 is 0 Å². The molecule has 19 heavy (non-hydrogen) atoms. The monoisotopic (exact) mass is 265 g/mol. The molecule has 1 N–H and O–H groups in total. The molecule has 2 rings (SSSR count). The molecule has 0 radical (unpaired) electrons. The van der Waals surface area contributed by atoms with Gasteiger partial charge in [-0.15, -0.1) is 0 Å². The van der Waals surface area contributed by atoms with E-state index in [1.54, 1.807) is 12.1 Å². The van der Waals surface area contributed by atoms with E-state index in [0.29, 0.717) is 12.1 Å². The number of hydrogen-bond acceptors (Lipinski definition) is 3. The Morgan fingerprint density at radius 1 is 1.26 bits per heavy atom. The number of ether oxygens (including phenoxy) is 1. The molecule has 5 heteroatoms. The molecular formula is C14H13F2NO2. The average molecular weight is 265 g/mol. The van der Waals surface area contributed by atoms with Crippen LogP contribution in [0.4, 0.5) is 8.78 Å². The fourth-order valence-electron chi connectivity index (χ4n) is 1.55. The summed E-state index contributed by atoms with van der Waals surface area (Å²) in [6.07, 6.45) is 1.27. The maximum Gasteiger partial charge on any atom is 0.201 e. The van der Waals surface area contributed by atoms with Crippen LogP contribution >= 0.6 is 0 Å². The van der Waals surface area contributed by atoms with Crippen molar-refractivity contribution in [1.82, 2.24) is 4.98 Å². The number of benzene rings is 1. The van der Waals surface area contributed by atoms with Crippen LogP contribution < -0.4 is 4.74 Å². The van der Waals surface area contributed by atoms with Gasteiger partial charge in [0.15, 0.2) is 11.6 Å². The van der Waals surface area contributed by atoms with Gasteiger partial charge in [-0.2, -0.15) is 4.39 Å². The highest BCUT2D eigenvalue weighted by molar-refractivity contribution is 5.31. The van der Waals surface area contributed by atoms with E-state index < -0.39 is 17.7 Å². The molecule has 1 unspecified atom stereocenters. The quantitative estimate of drug-likeness (QED) is 0.918. The molecular weight excluding hydrogens is 252 g/mol. The first-order valence-electron chi connectivity index (χ1n) is 5.87. The molecule has 1 atom stereocenters. The molecule has 0 aliphatic rings. The summed E-state index contributed by atoms with van der Waals surface area (Å²) in [4.78, 5) is 4.01. The van der Waals surface area contributed by atoms with Crippen molar-refractivity contribution in [2.24, 2.45) is 0 Å². The van der Waals surface area contributed by atoms with Gasteiger partial charge in [-0.25, -0.2) is 4.39 Å². The molecule has 1 aromatic heterocycles. The number of aromatic nitrogens is 1. The minimum atomic E-state index is -1.04. The number of aliphatic hydroxyl groups excluding tert-OH is 1. The Balaban J connectivity index is 2.18. The van der Waals surface area contributed by atoms with E-state index in [1.807, 2.05) is 6.92 Å². The molecule has 100 valence electrons. The van der Waals surface area contributed by atoms with Gasteiger partial charge in [-0.1, -0.05) is 13.0 Å². The number of pyridine rings is 1. The van der Waals surface area contributed by atoms with E-state index in [4.69, 9.17) is 4.74 Å². The zero-order chi connectivity index (χ0) is 13.8. The number of nitrogens with zero attached hydrogens (tertiary/aromatic N) is 1. The van der Waals surface area contributed by atoms with Crippen LogP contribution in [0.25, 0.3) is 0 Å². The third-order valence-corrected chi connectivity index (χ3v) is 2.63. The lowest BCUT2D eigenvalue weighted by molar-refractivity contribution is 0.169. The van der Waals surface area contributed by atoms with Crippen LogP contribution in [-0.4, -0.2) is 10.1 Å². The molecule has 0 aliphatic heterocycles. The molecule has 3 nitrogen and oxygen atoms in total. The van der Waals surface area contributed by atoms with E-state index in [0.717, 1.165) is 6.07 Å². The maximum atomic E-state index is 13.4. The van der Waals surface area contributed by atoms with Crippen LogP contribution in [0.2, 0.25) is 0 Å². The fourth-order valence-corrected chi connectivity index (χ4v) is 1.55. The molecule has 2 aromatic rings. The lowest BCUT2D eigenvalue weighted by Crippen LogP contribution is -1.98. The van der Waals surface area contributed by atoms with E-state index in [2.05, 4.69) is 4.98 Å². The fraction of sp³-hybridized carbons (Fsp3) is 0.214. The molecule has 0 saturated heterocycles. The van der Waals surface area contributed by atoms with Gasteiger partial charge >= 0.3 is 0 Å². The van der Waals surface area contributed by atoms with Crippen LogP contribution in [0.5, 0.6) is 11.5 Å². The summed E-state index contributed by atoms with van der Waals surface area (Å²) in [6, 6.07) is 6.83. The second-order valence-corrected chi connectivity index (χ2v) is 4.00. The van der Waals surface area contributed by atoms with Crippen LogP contribution in [0.15, 0.2) is 36.5 Å². The summed E-state index contributed by atoms with van der Waals surface area (Å²) in [7, 11) is 0. The van der Waals surface area contributed by atoms with Gasteiger partial charge in [-0.3, -0.25) is 4.98 Å². The first kappa shape index (κ1) is 13.4. The smallest absolute Gasteiger partial charge is 0.201 e. The second kappa shape index (κ2) is 5.75. The first-order chi connectivity index (χ1) is 9.11. The van der Waals surface area contributed by atoms with Crippen molar-refractivity contribution in [3.8, 4) is 11.5 Å². The predicted molar refractivity (Wildman–Crippen MR) is 65.9 cm³/mol. The van der Waals surface area contributed by atoms with Crippen molar-refractivity contribution in [2.75, 3.05) is 0 Å². The van der Waals surface area contributed by atoms with Crippen molar-refractivity contribution >= 4 is 0 Å². The topological polar surface area (TPSA) is 42.4 Å². The summed E-state index contributed by atoms with van der Waals surface area (Å²) in [6.45, 7) is 1.83. The Kier molecular flexibility index (Phi) is 4.06. The molecule has 0 aliphatic carbocycles. The van der Waals surface area contributed by atoms with E-state index in [-0.39, 0.29) is 11.5 Å². The van der Waals surface area contributed by atoms with Crippen molar-refractivity contribution < 1.29 is 18.6 Å². The molecule has 0 amide bonds. The van der Waals surface area contributed by atoms with E-state index in [9.17, 15) is 13.9 Å². The van der Waals surface area contributed by atoms with Gasteiger partial charge in [0.05, 0.1) is 18.0 Å². The zero-order valence-electron chi connectivity index (χ0n) is 10.3. The van der Waals surface area contributed by atoms with Crippen LogP contribution in [0.1, 0.15) is 25.1 Å². The van der Waals surface area contributed by atoms with Crippen molar-refractivity contribution in [1.29, 1.82) is 0 Å². The Bertz CT molecular complexity index is 558. The summed E-state index contributed by atoms with van der Waals surface area (Å²) in [5.74, 6) is -1.94. The Labute approximate surface area is 109 Å². The minimum Gasteiger partial charge on any atom is -0.453 e. The summed E-state index contributed by atoms with van der Waals surface area (Å²) < 4.78 is 31.6. The van der Waals surface area contributed by atoms with Crippen LogP contribution in [0, 0.1) is 11.6 Å². The van der Waals surface area contributed by atoms with Gasteiger partial charge in [0.2, 0.25) is 5.82 Å². The van der Waals surface area contributed by atoms with Gasteiger partial charge in [0.1, 0.15) is 5.75 Å². The standard InChI is InChI=1S/C14H13F2NO2/c1-2-12(18)11-7-6-9(8-17-11)19-13-5-3-4-10(15)14(13)16/h3-8,12,18H,2H2,1H3. The van der Waals surface area contributed by atoms with Gasteiger partial charge in [-0.05, 0) is 30.7 Å². The Hall–Kier alpha value is -2.01. The highest BCUT2D eigenvalue weighted by atomic mass is 19.2. The Morgan fingerprint density at radius 3 is 2.68 bits per heavy atom. The lowest BCUT2D eigenvalue weighted by atomic mass is 10.2. The summed E-state index contributed by atoms with van der Waals surface area (Å²) in [5.41, 5.74) is 0.509.